The molecule has 17 heavy (non-hydrogen) atoms. The monoisotopic (exact) mass is 225 g/mol. The molecule has 1 aliphatic rings. The normalized spacial score (nSPS) is 23.0. The second kappa shape index (κ2) is 4.57. The zero-order chi connectivity index (χ0) is 12.4. The summed E-state index contributed by atoms with van der Waals surface area (Å²) in [5, 5.41) is 18.4. The van der Waals surface area contributed by atoms with Gasteiger partial charge >= 0.3 is 0 Å². The lowest BCUT2D eigenvalue weighted by molar-refractivity contribution is 0.150. The van der Waals surface area contributed by atoms with Crippen LogP contribution in [0, 0.1) is 17.2 Å². The van der Waals surface area contributed by atoms with E-state index in [1.54, 1.807) is 12.1 Å². The van der Waals surface area contributed by atoms with E-state index in [9.17, 15) is 5.11 Å². The van der Waals surface area contributed by atoms with Crippen molar-refractivity contribution in [3.63, 3.8) is 0 Å². The van der Waals surface area contributed by atoms with Crippen LogP contribution in [0.25, 0.3) is 5.57 Å². The molecule has 0 unspecified atom stereocenters. The smallest absolute Gasteiger partial charge is 0.0991 e. The second-order valence-corrected chi connectivity index (χ2v) is 4.49. The van der Waals surface area contributed by atoms with Crippen LogP contribution in [0.5, 0.6) is 0 Å². The van der Waals surface area contributed by atoms with Crippen LogP contribution in [0.2, 0.25) is 0 Å². The first-order valence-electron chi connectivity index (χ1n) is 5.70. The SMILES string of the molecule is C=C(C1=C[C@@H](C)[C@@H](O)C1)c1ccc(C#N)cc1. The highest BCUT2D eigenvalue weighted by Crippen LogP contribution is 2.33. The van der Waals surface area contributed by atoms with Crippen molar-refractivity contribution in [2.24, 2.45) is 5.92 Å². The summed E-state index contributed by atoms with van der Waals surface area (Å²) in [5.74, 6) is 0.195. The summed E-state index contributed by atoms with van der Waals surface area (Å²) in [6.07, 6.45) is 2.45. The largest absolute Gasteiger partial charge is 0.392 e. The van der Waals surface area contributed by atoms with E-state index < -0.39 is 0 Å². The molecule has 0 fully saturated rings. The lowest BCUT2D eigenvalue weighted by Crippen LogP contribution is -2.09. The molecule has 0 saturated carbocycles. The van der Waals surface area contributed by atoms with Crippen LogP contribution in [0.1, 0.15) is 24.5 Å². The summed E-state index contributed by atoms with van der Waals surface area (Å²) in [4.78, 5) is 0. The highest BCUT2D eigenvalue weighted by atomic mass is 16.3. The van der Waals surface area contributed by atoms with Gasteiger partial charge in [-0.05, 0) is 35.3 Å². The van der Waals surface area contributed by atoms with E-state index in [4.69, 9.17) is 5.26 Å². The molecule has 0 radical (unpaired) electrons. The molecule has 2 rings (SSSR count). The molecule has 0 amide bonds. The maximum Gasteiger partial charge on any atom is 0.0991 e. The third kappa shape index (κ3) is 2.30. The highest BCUT2D eigenvalue weighted by Gasteiger charge is 2.23. The van der Waals surface area contributed by atoms with Gasteiger partial charge in [-0.1, -0.05) is 31.7 Å². The second-order valence-electron chi connectivity index (χ2n) is 4.49. The standard InChI is InChI=1S/C15H15NO/c1-10-7-14(8-15(10)17)11(2)13-5-3-12(9-16)4-6-13/h3-7,10,15,17H,2,8H2,1H3/t10-,15+/m1/s1. The van der Waals surface area contributed by atoms with Gasteiger partial charge in [0, 0.05) is 5.92 Å². The fraction of sp³-hybridized carbons (Fsp3) is 0.267. The van der Waals surface area contributed by atoms with Crippen molar-refractivity contribution in [2.75, 3.05) is 0 Å². The number of nitriles is 1. The Morgan fingerprint density at radius 3 is 2.53 bits per heavy atom. The summed E-state index contributed by atoms with van der Waals surface area (Å²) in [5.41, 5.74) is 3.71. The number of hydrogen-bond donors (Lipinski definition) is 1. The minimum atomic E-state index is -0.292. The zero-order valence-corrected chi connectivity index (χ0v) is 9.85. The van der Waals surface area contributed by atoms with Crippen LogP contribution in [0.15, 0.2) is 42.5 Å². The van der Waals surface area contributed by atoms with Crippen LogP contribution in [0.4, 0.5) is 0 Å². The van der Waals surface area contributed by atoms with Crippen molar-refractivity contribution in [3.8, 4) is 6.07 Å². The minimum absolute atomic E-state index is 0.195. The fourth-order valence-corrected chi connectivity index (χ4v) is 2.06. The molecule has 2 nitrogen and oxygen atoms in total. The van der Waals surface area contributed by atoms with Crippen LogP contribution in [-0.2, 0) is 0 Å². The van der Waals surface area contributed by atoms with Gasteiger partial charge in [0.05, 0.1) is 17.7 Å². The topological polar surface area (TPSA) is 44.0 Å². The highest BCUT2D eigenvalue weighted by molar-refractivity contribution is 5.78. The summed E-state index contributed by atoms with van der Waals surface area (Å²) >= 11 is 0. The Hall–Kier alpha value is -1.85. The molecule has 1 N–H and O–H groups in total. The maximum atomic E-state index is 9.71. The van der Waals surface area contributed by atoms with E-state index in [1.165, 1.54) is 0 Å². The van der Waals surface area contributed by atoms with Crippen molar-refractivity contribution < 1.29 is 5.11 Å². The Morgan fingerprint density at radius 2 is 2.06 bits per heavy atom. The van der Waals surface area contributed by atoms with E-state index >= 15 is 0 Å². The quantitative estimate of drug-likeness (QED) is 0.841. The predicted octanol–water partition coefficient (Wildman–Crippen LogP) is 2.90. The number of aliphatic hydroxyl groups excluding tert-OH is 1. The molecular weight excluding hydrogens is 210 g/mol. The van der Waals surface area contributed by atoms with Crippen molar-refractivity contribution in [3.05, 3.63) is 53.6 Å². The Balaban J connectivity index is 2.21. The van der Waals surface area contributed by atoms with E-state index in [1.807, 2.05) is 19.1 Å². The first kappa shape index (κ1) is 11.6. The van der Waals surface area contributed by atoms with Gasteiger partial charge in [0.2, 0.25) is 0 Å². The van der Waals surface area contributed by atoms with Crippen LogP contribution in [0.3, 0.4) is 0 Å². The van der Waals surface area contributed by atoms with E-state index in [0.29, 0.717) is 12.0 Å². The molecule has 2 atom stereocenters. The molecule has 0 aliphatic heterocycles. The summed E-state index contributed by atoms with van der Waals surface area (Å²) in [6.45, 7) is 6.07. The Labute approximate surface area is 102 Å². The average Bonchev–Trinajstić information content (AvgIpc) is 2.69. The third-order valence-corrected chi connectivity index (χ3v) is 3.25. The first-order chi connectivity index (χ1) is 8.11. The average molecular weight is 225 g/mol. The first-order valence-corrected chi connectivity index (χ1v) is 5.70. The molecule has 0 spiro atoms. The van der Waals surface area contributed by atoms with Crippen molar-refractivity contribution >= 4 is 5.57 Å². The molecule has 2 heteroatoms. The van der Waals surface area contributed by atoms with Crippen LogP contribution < -0.4 is 0 Å². The van der Waals surface area contributed by atoms with Crippen LogP contribution >= 0.6 is 0 Å². The van der Waals surface area contributed by atoms with Crippen molar-refractivity contribution in [2.45, 2.75) is 19.4 Å². The van der Waals surface area contributed by atoms with E-state index in [2.05, 4.69) is 18.7 Å². The molecule has 86 valence electrons. The van der Waals surface area contributed by atoms with Crippen LogP contribution in [-0.4, -0.2) is 11.2 Å². The number of aliphatic hydroxyl groups is 1. The minimum Gasteiger partial charge on any atom is -0.392 e. The van der Waals surface area contributed by atoms with Gasteiger partial charge in [0.15, 0.2) is 0 Å². The summed E-state index contributed by atoms with van der Waals surface area (Å²) < 4.78 is 0. The number of allylic oxidation sites excluding steroid dienone is 1. The Kier molecular flexibility index (Phi) is 3.12. The van der Waals surface area contributed by atoms with Gasteiger partial charge in [-0.3, -0.25) is 0 Å². The van der Waals surface area contributed by atoms with Gasteiger partial charge in [0.25, 0.3) is 0 Å². The van der Waals surface area contributed by atoms with Gasteiger partial charge in [-0.15, -0.1) is 0 Å². The molecule has 1 aromatic rings. The zero-order valence-electron chi connectivity index (χ0n) is 9.85. The van der Waals surface area contributed by atoms with Gasteiger partial charge < -0.3 is 5.11 Å². The number of benzene rings is 1. The van der Waals surface area contributed by atoms with Crippen molar-refractivity contribution in [1.82, 2.24) is 0 Å². The van der Waals surface area contributed by atoms with Gasteiger partial charge in [-0.2, -0.15) is 5.26 Å². The summed E-state index contributed by atoms with van der Waals surface area (Å²) in [6, 6.07) is 9.47. The molecule has 0 heterocycles. The summed E-state index contributed by atoms with van der Waals surface area (Å²) in [7, 11) is 0. The van der Waals surface area contributed by atoms with Gasteiger partial charge in [0.1, 0.15) is 0 Å². The Morgan fingerprint density at radius 1 is 1.41 bits per heavy atom. The van der Waals surface area contributed by atoms with E-state index in [-0.39, 0.29) is 12.0 Å². The molecule has 1 aliphatic carbocycles. The molecular formula is C15H15NO. The molecule has 0 bridgehead atoms. The lowest BCUT2D eigenvalue weighted by atomic mass is 9.98. The number of hydrogen-bond acceptors (Lipinski definition) is 2. The number of rotatable bonds is 2. The maximum absolute atomic E-state index is 9.71. The molecule has 1 aromatic carbocycles. The van der Waals surface area contributed by atoms with Crippen molar-refractivity contribution in [1.29, 1.82) is 5.26 Å². The molecule has 0 saturated heterocycles. The lowest BCUT2D eigenvalue weighted by Gasteiger charge is -2.08. The van der Waals surface area contributed by atoms with E-state index in [0.717, 1.165) is 16.7 Å². The van der Waals surface area contributed by atoms with Gasteiger partial charge in [-0.25, -0.2) is 0 Å². The molecule has 0 aromatic heterocycles. The Bertz CT molecular complexity index is 505. The predicted molar refractivity (Wildman–Crippen MR) is 68.1 cm³/mol. The third-order valence-electron chi connectivity index (χ3n) is 3.25. The fourth-order valence-electron chi connectivity index (χ4n) is 2.06. The number of nitrogens with zero attached hydrogens (tertiary/aromatic N) is 1.